The number of benzene rings is 2. The molecule has 1 aromatic heterocycles. The number of nitrogens with one attached hydrogen (secondary N) is 1. The van der Waals surface area contributed by atoms with Crippen molar-refractivity contribution < 1.29 is 9.53 Å². The third-order valence-corrected chi connectivity index (χ3v) is 4.58. The Morgan fingerprint density at radius 1 is 1.24 bits per heavy atom. The summed E-state index contributed by atoms with van der Waals surface area (Å²) in [6.07, 6.45) is 3.00. The molecule has 0 unspecified atom stereocenters. The van der Waals surface area contributed by atoms with Crippen molar-refractivity contribution in [3.8, 4) is 5.75 Å². The molecule has 0 saturated carbocycles. The van der Waals surface area contributed by atoms with Crippen molar-refractivity contribution in [1.82, 2.24) is 15.1 Å². The quantitative estimate of drug-likeness (QED) is 0.752. The number of aromatic nitrogens is 2. The van der Waals surface area contributed by atoms with Crippen LogP contribution in [0.2, 0.25) is 0 Å². The minimum absolute atomic E-state index is 0.0249. The molecule has 1 heterocycles. The van der Waals surface area contributed by atoms with Gasteiger partial charge in [-0.25, -0.2) is 0 Å². The van der Waals surface area contributed by atoms with Gasteiger partial charge >= 0.3 is 0 Å². The molecule has 0 aliphatic heterocycles. The second-order valence-electron chi connectivity index (χ2n) is 6.16. The van der Waals surface area contributed by atoms with E-state index < -0.39 is 0 Å². The van der Waals surface area contributed by atoms with E-state index in [0.717, 1.165) is 39.8 Å². The van der Waals surface area contributed by atoms with Crippen molar-refractivity contribution in [2.45, 2.75) is 19.8 Å². The minimum atomic E-state index is 0.0249. The molecule has 5 nitrogen and oxygen atoms in total. The normalized spacial score (nSPS) is 10.8. The predicted molar refractivity (Wildman–Crippen MR) is 98.9 cm³/mol. The van der Waals surface area contributed by atoms with Gasteiger partial charge in [-0.15, -0.1) is 0 Å². The number of carbonyl (C=O) groups excluding carboxylic acids is 1. The maximum absolute atomic E-state index is 12.3. The van der Waals surface area contributed by atoms with Crippen LogP contribution in [-0.2, 0) is 24.7 Å². The van der Waals surface area contributed by atoms with Crippen molar-refractivity contribution in [3.63, 3.8) is 0 Å². The van der Waals surface area contributed by atoms with Crippen molar-refractivity contribution in [1.29, 1.82) is 0 Å². The van der Waals surface area contributed by atoms with E-state index >= 15 is 0 Å². The van der Waals surface area contributed by atoms with Crippen molar-refractivity contribution in [3.05, 3.63) is 59.4 Å². The first-order valence-corrected chi connectivity index (χ1v) is 8.38. The summed E-state index contributed by atoms with van der Waals surface area (Å²) in [4.78, 5) is 12.3. The minimum Gasteiger partial charge on any atom is -0.497 e. The number of ether oxygens (including phenoxy) is 1. The van der Waals surface area contributed by atoms with Crippen LogP contribution < -0.4 is 10.1 Å². The average Bonchev–Trinajstić information content (AvgIpc) is 2.94. The molecule has 5 heteroatoms. The number of rotatable bonds is 6. The number of fused-ring (bicyclic) bond motifs is 1. The van der Waals surface area contributed by atoms with Crippen LogP contribution in [0, 0.1) is 6.92 Å². The lowest BCUT2D eigenvalue weighted by Gasteiger charge is -2.09. The maximum Gasteiger partial charge on any atom is 0.224 e. The molecule has 0 atom stereocenters. The first kappa shape index (κ1) is 17.0. The van der Waals surface area contributed by atoms with Gasteiger partial charge in [-0.05, 0) is 47.4 Å². The Balaban J connectivity index is 1.64. The summed E-state index contributed by atoms with van der Waals surface area (Å²) in [5.41, 5.74) is 3.31. The predicted octanol–water partition coefficient (Wildman–Crippen LogP) is 2.79. The van der Waals surface area contributed by atoms with Crippen molar-refractivity contribution in [2.24, 2.45) is 7.05 Å². The van der Waals surface area contributed by atoms with Gasteiger partial charge in [0.2, 0.25) is 5.91 Å². The van der Waals surface area contributed by atoms with Gasteiger partial charge < -0.3 is 10.1 Å². The number of carbonyl (C=O) groups is 1. The number of amides is 1. The molecular weight excluding hydrogens is 314 g/mol. The van der Waals surface area contributed by atoms with Crippen molar-refractivity contribution in [2.75, 3.05) is 13.7 Å². The fraction of sp³-hybridized carbons (Fsp3) is 0.300. The number of aryl methyl sites for hydroxylation is 1. The molecular formula is C20H23N3O2. The lowest BCUT2D eigenvalue weighted by molar-refractivity contribution is -0.120. The summed E-state index contributed by atoms with van der Waals surface area (Å²) >= 11 is 0. The van der Waals surface area contributed by atoms with Crippen LogP contribution in [0.25, 0.3) is 10.8 Å². The Bertz CT molecular complexity index is 899. The maximum atomic E-state index is 12.3. The second-order valence-corrected chi connectivity index (χ2v) is 6.16. The van der Waals surface area contributed by atoms with Gasteiger partial charge in [0.1, 0.15) is 5.75 Å². The smallest absolute Gasteiger partial charge is 0.224 e. The SMILES string of the molecule is COc1ccc2cccc(CC(=O)NCCc3cnn(C)c3C)c2c1. The van der Waals surface area contributed by atoms with E-state index in [4.69, 9.17) is 4.74 Å². The van der Waals surface area contributed by atoms with Gasteiger partial charge in [0, 0.05) is 19.3 Å². The summed E-state index contributed by atoms with van der Waals surface area (Å²) in [6, 6.07) is 11.9. The second kappa shape index (κ2) is 7.38. The zero-order chi connectivity index (χ0) is 17.8. The summed E-state index contributed by atoms with van der Waals surface area (Å²) < 4.78 is 7.15. The molecule has 0 bridgehead atoms. The van der Waals surface area contributed by atoms with Crippen LogP contribution in [0.3, 0.4) is 0 Å². The molecule has 1 N–H and O–H groups in total. The number of nitrogens with zero attached hydrogens (tertiary/aromatic N) is 2. The molecule has 130 valence electrons. The molecule has 0 radical (unpaired) electrons. The van der Waals surface area contributed by atoms with E-state index in [9.17, 15) is 4.79 Å². The van der Waals surface area contributed by atoms with E-state index in [1.807, 2.05) is 61.2 Å². The lowest BCUT2D eigenvalue weighted by Crippen LogP contribution is -2.27. The fourth-order valence-electron chi connectivity index (χ4n) is 2.96. The lowest BCUT2D eigenvalue weighted by atomic mass is 10.0. The third-order valence-electron chi connectivity index (χ3n) is 4.58. The zero-order valence-corrected chi connectivity index (χ0v) is 14.9. The number of hydrogen-bond donors (Lipinski definition) is 1. The molecule has 3 aromatic rings. The summed E-state index contributed by atoms with van der Waals surface area (Å²) in [5, 5.41) is 9.39. The highest BCUT2D eigenvalue weighted by Gasteiger charge is 2.09. The Morgan fingerprint density at radius 2 is 2.08 bits per heavy atom. The van der Waals surface area contributed by atoms with E-state index in [-0.39, 0.29) is 5.91 Å². The highest BCUT2D eigenvalue weighted by Crippen LogP contribution is 2.24. The summed E-state index contributed by atoms with van der Waals surface area (Å²) in [6.45, 7) is 2.65. The van der Waals surface area contributed by atoms with Crippen LogP contribution in [0.5, 0.6) is 5.75 Å². The molecule has 0 aliphatic carbocycles. The van der Waals surface area contributed by atoms with E-state index in [1.54, 1.807) is 7.11 Å². The Morgan fingerprint density at radius 3 is 2.80 bits per heavy atom. The van der Waals surface area contributed by atoms with Crippen LogP contribution in [-0.4, -0.2) is 29.3 Å². The van der Waals surface area contributed by atoms with Gasteiger partial charge in [-0.2, -0.15) is 5.10 Å². The first-order chi connectivity index (χ1) is 12.1. The Kier molecular flexibility index (Phi) is 5.03. The highest BCUT2D eigenvalue weighted by molar-refractivity contribution is 5.91. The molecule has 1 amide bonds. The third kappa shape index (κ3) is 3.82. The fourth-order valence-corrected chi connectivity index (χ4v) is 2.96. The Labute approximate surface area is 147 Å². The van der Waals surface area contributed by atoms with Crippen LogP contribution in [0.1, 0.15) is 16.8 Å². The molecule has 0 spiro atoms. The first-order valence-electron chi connectivity index (χ1n) is 8.38. The van der Waals surface area contributed by atoms with Crippen LogP contribution in [0.4, 0.5) is 0 Å². The summed E-state index contributed by atoms with van der Waals surface area (Å²) in [5.74, 6) is 0.823. The number of hydrogen-bond acceptors (Lipinski definition) is 3. The molecule has 0 saturated heterocycles. The zero-order valence-electron chi connectivity index (χ0n) is 14.9. The van der Waals surface area contributed by atoms with Crippen LogP contribution >= 0.6 is 0 Å². The molecule has 25 heavy (non-hydrogen) atoms. The standard InChI is InChI=1S/C20H23N3O2/c1-14-17(13-22-23(14)2)9-10-21-20(24)11-16-6-4-5-15-7-8-18(25-3)12-19(15)16/h4-8,12-13H,9-11H2,1-3H3,(H,21,24). The number of methoxy groups -OCH3 is 1. The summed E-state index contributed by atoms with van der Waals surface area (Å²) in [7, 11) is 3.57. The van der Waals surface area contributed by atoms with E-state index in [2.05, 4.69) is 10.4 Å². The van der Waals surface area contributed by atoms with Gasteiger partial charge in [0.15, 0.2) is 0 Å². The van der Waals surface area contributed by atoms with E-state index in [0.29, 0.717) is 13.0 Å². The Hall–Kier alpha value is -2.82. The molecule has 0 aliphatic rings. The average molecular weight is 337 g/mol. The van der Waals surface area contributed by atoms with Gasteiger partial charge in [-0.3, -0.25) is 9.48 Å². The van der Waals surface area contributed by atoms with E-state index in [1.165, 1.54) is 0 Å². The molecule has 2 aromatic carbocycles. The van der Waals surface area contributed by atoms with Crippen LogP contribution in [0.15, 0.2) is 42.6 Å². The highest BCUT2D eigenvalue weighted by atomic mass is 16.5. The molecule has 3 rings (SSSR count). The van der Waals surface area contributed by atoms with Crippen molar-refractivity contribution >= 4 is 16.7 Å². The molecule has 0 fully saturated rings. The monoisotopic (exact) mass is 337 g/mol. The van der Waals surface area contributed by atoms with Gasteiger partial charge in [0.25, 0.3) is 0 Å². The largest absolute Gasteiger partial charge is 0.497 e. The van der Waals surface area contributed by atoms with Gasteiger partial charge in [-0.1, -0.05) is 24.3 Å². The topological polar surface area (TPSA) is 56.1 Å². The van der Waals surface area contributed by atoms with Gasteiger partial charge in [0.05, 0.1) is 19.7 Å².